The van der Waals surface area contributed by atoms with Gasteiger partial charge in [0.05, 0.1) is 6.67 Å². The number of para-hydroxylation sites is 1. The van der Waals surface area contributed by atoms with Gasteiger partial charge in [-0.15, -0.1) is 0 Å². The molecule has 1 atom stereocenters. The smallest absolute Gasteiger partial charge is 0.325 e. The number of anilines is 1. The second kappa shape index (κ2) is 7.80. The normalized spacial score (nSPS) is 20.8. The molecule has 0 spiro atoms. The number of rotatable bonds is 5. The molecule has 3 amide bonds. The second-order valence-electron chi connectivity index (χ2n) is 7.04. The molecule has 0 unspecified atom stereocenters. The largest absolute Gasteiger partial charge is 0.369 e. The fourth-order valence-corrected chi connectivity index (χ4v) is 3.69. The third kappa shape index (κ3) is 3.95. The number of carbonyl (C=O) groups is 2. The van der Waals surface area contributed by atoms with Crippen molar-refractivity contribution >= 4 is 17.6 Å². The maximum absolute atomic E-state index is 12.7. The first-order chi connectivity index (χ1) is 13.2. The Hall–Kier alpha value is -2.86. The van der Waals surface area contributed by atoms with Gasteiger partial charge in [-0.25, -0.2) is 9.69 Å². The van der Waals surface area contributed by atoms with Gasteiger partial charge in [-0.1, -0.05) is 48.5 Å². The highest BCUT2D eigenvalue weighted by Gasteiger charge is 2.38. The molecule has 2 heterocycles. The lowest BCUT2D eigenvalue weighted by atomic mass is 10.1. The van der Waals surface area contributed by atoms with Crippen molar-refractivity contribution < 1.29 is 9.59 Å². The van der Waals surface area contributed by atoms with E-state index in [0.29, 0.717) is 13.1 Å². The lowest BCUT2D eigenvalue weighted by molar-refractivity contribution is -0.129. The van der Waals surface area contributed by atoms with Crippen LogP contribution >= 0.6 is 0 Å². The van der Waals surface area contributed by atoms with Gasteiger partial charge in [-0.2, -0.15) is 0 Å². The Morgan fingerprint density at radius 2 is 1.48 bits per heavy atom. The molecule has 1 N–H and O–H groups in total. The molecule has 0 aliphatic carbocycles. The van der Waals surface area contributed by atoms with Crippen molar-refractivity contribution in [1.29, 1.82) is 0 Å². The second-order valence-corrected chi connectivity index (χ2v) is 7.04. The van der Waals surface area contributed by atoms with E-state index >= 15 is 0 Å². The van der Waals surface area contributed by atoms with Crippen LogP contribution in [0.3, 0.4) is 0 Å². The summed E-state index contributed by atoms with van der Waals surface area (Å²) >= 11 is 0. The molecule has 6 heteroatoms. The maximum Gasteiger partial charge on any atom is 0.325 e. The molecule has 0 aromatic heterocycles. The monoisotopic (exact) mass is 364 g/mol. The fraction of sp³-hybridized carbons (Fsp3) is 0.333. The van der Waals surface area contributed by atoms with Gasteiger partial charge in [-0.3, -0.25) is 9.69 Å². The summed E-state index contributed by atoms with van der Waals surface area (Å²) in [5.41, 5.74) is 2.27. The van der Waals surface area contributed by atoms with Crippen LogP contribution < -0.4 is 10.2 Å². The number of amides is 3. The first kappa shape index (κ1) is 17.5. The molecule has 6 nitrogen and oxygen atoms in total. The summed E-state index contributed by atoms with van der Waals surface area (Å²) in [6.45, 7) is 3.80. The van der Waals surface area contributed by atoms with E-state index in [4.69, 9.17) is 0 Å². The summed E-state index contributed by atoms with van der Waals surface area (Å²) in [6, 6.07) is 19.4. The number of piperazine rings is 1. The highest BCUT2D eigenvalue weighted by Crippen LogP contribution is 2.17. The number of imide groups is 1. The molecule has 2 aromatic rings. The molecule has 2 saturated heterocycles. The standard InChI is InChI=1S/C21H24N4O2/c26-20-19(15-17-7-3-1-4-8-17)22-21(27)25(20)16-23-11-13-24(14-12-23)18-9-5-2-6-10-18/h1-10,19H,11-16H2,(H,22,27)/t19-/m1/s1. The Morgan fingerprint density at radius 3 is 2.15 bits per heavy atom. The van der Waals surface area contributed by atoms with Gasteiger partial charge in [0.1, 0.15) is 6.04 Å². The zero-order valence-corrected chi connectivity index (χ0v) is 15.3. The Bertz CT molecular complexity index is 788. The molecule has 2 aliphatic rings. The molecule has 27 heavy (non-hydrogen) atoms. The van der Waals surface area contributed by atoms with Crippen LogP contribution in [0.2, 0.25) is 0 Å². The van der Waals surface area contributed by atoms with Gasteiger partial charge < -0.3 is 10.2 Å². The first-order valence-corrected chi connectivity index (χ1v) is 9.39. The van der Waals surface area contributed by atoms with E-state index < -0.39 is 6.04 Å². The summed E-state index contributed by atoms with van der Waals surface area (Å²) in [7, 11) is 0. The Labute approximate surface area is 159 Å². The number of hydrogen-bond donors (Lipinski definition) is 1. The van der Waals surface area contributed by atoms with E-state index in [1.807, 2.05) is 48.5 Å². The van der Waals surface area contributed by atoms with Crippen molar-refractivity contribution in [2.24, 2.45) is 0 Å². The van der Waals surface area contributed by atoms with Crippen LogP contribution in [-0.4, -0.2) is 60.6 Å². The predicted octanol–water partition coefficient (Wildman–Crippen LogP) is 1.93. The topological polar surface area (TPSA) is 55.9 Å². The minimum Gasteiger partial charge on any atom is -0.369 e. The maximum atomic E-state index is 12.7. The Kier molecular flexibility index (Phi) is 5.07. The van der Waals surface area contributed by atoms with E-state index in [1.165, 1.54) is 10.6 Å². The molecular formula is C21H24N4O2. The lowest BCUT2D eigenvalue weighted by Gasteiger charge is -2.37. The molecule has 2 fully saturated rings. The zero-order valence-electron chi connectivity index (χ0n) is 15.3. The summed E-state index contributed by atoms with van der Waals surface area (Å²) in [6.07, 6.45) is 0.531. The van der Waals surface area contributed by atoms with Crippen molar-refractivity contribution in [2.75, 3.05) is 37.7 Å². The molecule has 4 rings (SSSR count). The van der Waals surface area contributed by atoms with E-state index in [2.05, 4.69) is 27.2 Å². The van der Waals surface area contributed by atoms with Crippen molar-refractivity contribution in [3.05, 3.63) is 66.2 Å². The third-order valence-electron chi connectivity index (χ3n) is 5.22. The zero-order chi connectivity index (χ0) is 18.6. The fourth-order valence-electron chi connectivity index (χ4n) is 3.69. The Morgan fingerprint density at radius 1 is 0.852 bits per heavy atom. The molecular weight excluding hydrogens is 340 g/mol. The van der Waals surface area contributed by atoms with Gasteiger partial charge in [0.15, 0.2) is 0 Å². The van der Waals surface area contributed by atoms with Crippen LogP contribution in [-0.2, 0) is 11.2 Å². The van der Waals surface area contributed by atoms with E-state index in [-0.39, 0.29) is 11.9 Å². The SMILES string of the molecule is O=C1N[C@H](Cc2ccccc2)C(=O)N1CN1CCN(c2ccccc2)CC1. The number of carbonyl (C=O) groups excluding carboxylic acids is 2. The number of urea groups is 1. The number of nitrogens with zero attached hydrogens (tertiary/aromatic N) is 3. The average molecular weight is 364 g/mol. The van der Waals surface area contributed by atoms with Gasteiger partial charge >= 0.3 is 6.03 Å². The molecule has 0 saturated carbocycles. The minimum absolute atomic E-state index is 0.130. The minimum atomic E-state index is -0.467. The van der Waals surface area contributed by atoms with Gasteiger partial charge in [0.2, 0.25) is 0 Å². The van der Waals surface area contributed by atoms with Crippen LogP contribution in [0.4, 0.5) is 10.5 Å². The molecule has 140 valence electrons. The van der Waals surface area contributed by atoms with Crippen LogP contribution in [0.5, 0.6) is 0 Å². The van der Waals surface area contributed by atoms with E-state index in [9.17, 15) is 9.59 Å². The number of nitrogens with one attached hydrogen (secondary N) is 1. The van der Waals surface area contributed by atoms with Crippen LogP contribution in [0.1, 0.15) is 5.56 Å². The summed E-state index contributed by atoms with van der Waals surface area (Å²) in [5, 5.41) is 2.83. The van der Waals surface area contributed by atoms with Crippen molar-refractivity contribution in [2.45, 2.75) is 12.5 Å². The van der Waals surface area contributed by atoms with Gasteiger partial charge in [0, 0.05) is 38.3 Å². The quantitative estimate of drug-likeness (QED) is 0.824. The van der Waals surface area contributed by atoms with Crippen molar-refractivity contribution in [3.8, 4) is 0 Å². The van der Waals surface area contributed by atoms with E-state index in [1.54, 1.807) is 0 Å². The molecule has 0 bridgehead atoms. The average Bonchev–Trinajstić information content (AvgIpc) is 2.97. The van der Waals surface area contributed by atoms with Crippen molar-refractivity contribution in [1.82, 2.24) is 15.1 Å². The number of hydrogen-bond acceptors (Lipinski definition) is 4. The summed E-state index contributed by atoms with van der Waals surface area (Å²) in [5.74, 6) is -0.130. The highest BCUT2D eigenvalue weighted by molar-refractivity contribution is 6.04. The van der Waals surface area contributed by atoms with Crippen LogP contribution in [0, 0.1) is 0 Å². The molecule has 0 radical (unpaired) electrons. The number of benzene rings is 2. The van der Waals surface area contributed by atoms with Gasteiger partial charge in [-0.05, 0) is 17.7 Å². The Balaban J connectivity index is 1.32. The van der Waals surface area contributed by atoms with Gasteiger partial charge in [0.25, 0.3) is 5.91 Å². The summed E-state index contributed by atoms with van der Waals surface area (Å²) < 4.78 is 0. The van der Waals surface area contributed by atoms with E-state index in [0.717, 1.165) is 31.7 Å². The molecule has 2 aromatic carbocycles. The third-order valence-corrected chi connectivity index (χ3v) is 5.22. The first-order valence-electron chi connectivity index (χ1n) is 9.39. The highest BCUT2D eigenvalue weighted by atomic mass is 16.2. The lowest BCUT2D eigenvalue weighted by Crippen LogP contribution is -2.51. The van der Waals surface area contributed by atoms with Crippen molar-refractivity contribution in [3.63, 3.8) is 0 Å². The van der Waals surface area contributed by atoms with Crippen LogP contribution in [0.25, 0.3) is 0 Å². The molecule has 2 aliphatic heterocycles. The predicted molar refractivity (Wildman–Crippen MR) is 104 cm³/mol. The summed E-state index contributed by atoms with van der Waals surface area (Å²) in [4.78, 5) is 30.8. The van der Waals surface area contributed by atoms with Crippen LogP contribution in [0.15, 0.2) is 60.7 Å².